The van der Waals surface area contributed by atoms with Gasteiger partial charge in [-0.1, -0.05) is 47.8 Å². The van der Waals surface area contributed by atoms with Crippen molar-refractivity contribution in [3.8, 4) is 0 Å². The van der Waals surface area contributed by atoms with E-state index in [0.717, 1.165) is 16.8 Å². The number of hydrogen-bond donors (Lipinski definition) is 1. The standard InChI is InChI=1S/C14H20BrN/c1-11-3-2-8-14(16,9-11)10-12-4-6-13(15)7-5-12/h4-7,11H,2-3,8-10,16H2,1H3. The van der Waals surface area contributed by atoms with Gasteiger partial charge < -0.3 is 5.73 Å². The Morgan fingerprint density at radius 3 is 2.69 bits per heavy atom. The van der Waals surface area contributed by atoms with Crippen molar-refractivity contribution in [2.75, 3.05) is 0 Å². The SMILES string of the molecule is CC1CCCC(N)(Cc2ccc(Br)cc2)C1. The summed E-state index contributed by atoms with van der Waals surface area (Å²) in [6.07, 6.45) is 5.99. The van der Waals surface area contributed by atoms with E-state index >= 15 is 0 Å². The Morgan fingerprint density at radius 2 is 2.06 bits per heavy atom. The lowest BCUT2D eigenvalue weighted by Crippen LogP contribution is -2.45. The molecule has 0 spiro atoms. The highest BCUT2D eigenvalue weighted by molar-refractivity contribution is 9.10. The van der Waals surface area contributed by atoms with Crippen LogP contribution in [0.1, 0.15) is 38.2 Å². The second kappa shape index (κ2) is 4.89. The highest BCUT2D eigenvalue weighted by atomic mass is 79.9. The van der Waals surface area contributed by atoms with E-state index in [1.54, 1.807) is 0 Å². The molecule has 16 heavy (non-hydrogen) atoms. The third-order valence-corrected chi connectivity index (χ3v) is 4.12. The van der Waals surface area contributed by atoms with Crippen LogP contribution in [0.15, 0.2) is 28.7 Å². The van der Waals surface area contributed by atoms with E-state index in [1.165, 1.54) is 31.2 Å². The molecule has 1 fully saturated rings. The molecule has 1 aromatic carbocycles. The minimum Gasteiger partial charge on any atom is -0.325 e. The van der Waals surface area contributed by atoms with Crippen molar-refractivity contribution in [3.63, 3.8) is 0 Å². The van der Waals surface area contributed by atoms with Crippen molar-refractivity contribution in [2.45, 2.75) is 44.6 Å². The Balaban J connectivity index is 2.05. The molecule has 2 unspecified atom stereocenters. The lowest BCUT2D eigenvalue weighted by molar-refractivity contribution is 0.235. The molecule has 0 saturated heterocycles. The highest BCUT2D eigenvalue weighted by Crippen LogP contribution is 2.32. The number of halogens is 1. The second-order valence-electron chi connectivity index (χ2n) is 5.37. The predicted octanol–water partition coefficient (Wildman–Crippen LogP) is 3.90. The van der Waals surface area contributed by atoms with Gasteiger partial charge in [-0.25, -0.2) is 0 Å². The van der Waals surface area contributed by atoms with E-state index < -0.39 is 0 Å². The molecule has 1 aromatic rings. The number of benzene rings is 1. The van der Waals surface area contributed by atoms with Crippen LogP contribution in [-0.4, -0.2) is 5.54 Å². The molecule has 2 heteroatoms. The van der Waals surface area contributed by atoms with Gasteiger partial charge in [0.1, 0.15) is 0 Å². The number of rotatable bonds is 2. The Hall–Kier alpha value is -0.340. The van der Waals surface area contributed by atoms with E-state index in [4.69, 9.17) is 5.73 Å². The molecular weight excluding hydrogens is 262 g/mol. The van der Waals surface area contributed by atoms with Gasteiger partial charge in [0.15, 0.2) is 0 Å². The molecule has 88 valence electrons. The molecule has 0 heterocycles. The van der Waals surface area contributed by atoms with Gasteiger partial charge >= 0.3 is 0 Å². The van der Waals surface area contributed by atoms with Crippen molar-refractivity contribution in [2.24, 2.45) is 11.7 Å². The minimum atomic E-state index is 0.0332. The first kappa shape index (κ1) is 12.1. The third kappa shape index (κ3) is 3.08. The fraction of sp³-hybridized carbons (Fsp3) is 0.571. The van der Waals surface area contributed by atoms with Crippen LogP contribution in [-0.2, 0) is 6.42 Å². The van der Waals surface area contributed by atoms with Crippen LogP contribution in [0.4, 0.5) is 0 Å². The van der Waals surface area contributed by atoms with Gasteiger partial charge in [-0.3, -0.25) is 0 Å². The van der Waals surface area contributed by atoms with Gasteiger partial charge in [-0.05, 0) is 42.9 Å². The molecule has 1 aliphatic carbocycles. The van der Waals surface area contributed by atoms with E-state index in [2.05, 4.69) is 47.1 Å². The maximum absolute atomic E-state index is 6.51. The molecule has 2 atom stereocenters. The van der Waals surface area contributed by atoms with Crippen LogP contribution >= 0.6 is 15.9 Å². The van der Waals surface area contributed by atoms with E-state index in [0.29, 0.717) is 0 Å². The smallest absolute Gasteiger partial charge is 0.0197 e. The second-order valence-corrected chi connectivity index (χ2v) is 6.28. The average molecular weight is 282 g/mol. The zero-order valence-corrected chi connectivity index (χ0v) is 11.5. The van der Waals surface area contributed by atoms with Gasteiger partial charge in [0, 0.05) is 10.0 Å². The molecule has 0 aromatic heterocycles. The molecule has 0 bridgehead atoms. The van der Waals surface area contributed by atoms with Gasteiger partial charge in [0.2, 0.25) is 0 Å². The summed E-state index contributed by atoms with van der Waals surface area (Å²) >= 11 is 3.46. The largest absolute Gasteiger partial charge is 0.325 e. The number of hydrogen-bond acceptors (Lipinski definition) is 1. The molecule has 0 radical (unpaired) electrons. The number of nitrogens with two attached hydrogens (primary N) is 1. The summed E-state index contributed by atoms with van der Waals surface area (Å²) in [5.41, 5.74) is 7.90. The monoisotopic (exact) mass is 281 g/mol. The maximum Gasteiger partial charge on any atom is 0.0197 e. The normalized spacial score (nSPS) is 30.3. The van der Waals surface area contributed by atoms with Crippen molar-refractivity contribution in [1.29, 1.82) is 0 Å². The topological polar surface area (TPSA) is 26.0 Å². The summed E-state index contributed by atoms with van der Waals surface area (Å²) in [4.78, 5) is 0. The Bertz CT molecular complexity index is 346. The van der Waals surface area contributed by atoms with Gasteiger partial charge in [-0.2, -0.15) is 0 Å². The van der Waals surface area contributed by atoms with Crippen LogP contribution in [0.2, 0.25) is 0 Å². The van der Waals surface area contributed by atoms with E-state index in [-0.39, 0.29) is 5.54 Å². The van der Waals surface area contributed by atoms with Crippen molar-refractivity contribution >= 4 is 15.9 Å². The Kier molecular flexibility index (Phi) is 3.70. The summed E-state index contributed by atoms with van der Waals surface area (Å²) in [5.74, 6) is 0.786. The molecule has 0 amide bonds. The summed E-state index contributed by atoms with van der Waals surface area (Å²) in [6, 6.07) is 8.56. The van der Waals surface area contributed by atoms with Gasteiger partial charge in [0.05, 0.1) is 0 Å². The van der Waals surface area contributed by atoms with Crippen molar-refractivity contribution < 1.29 is 0 Å². The van der Waals surface area contributed by atoms with Crippen LogP contribution < -0.4 is 5.73 Å². The lowest BCUT2D eigenvalue weighted by Gasteiger charge is -2.37. The zero-order chi connectivity index (χ0) is 11.6. The molecule has 2 N–H and O–H groups in total. The maximum atomic E-state index is 6.51. The molecule has 1 aliphatic rings. The molecular formula is C14H20BrN. The average Bonchev–Trinajstić information content (AvgIpc) is 2.21. The van der Waals surface area contributed by atoms with Crippen molar-refractivity contribution in [3.05, 3.63) is 34.3 Å². The predicted molar refractivity (Wildman–Crippen MR) is 72.4 cm³/mol. The summed E-state index contributed by atoms with van der Waals surface area (Å²) in [5, 5.41) is 0. The molecule has 2 rings (SSSR count). The van der Waals surface area contributed by atoms with Crippen molar-refractivity contribution in [1.82, 2.24) is 0 Å². The first-order valence-electron chi connectivity index (χ1n) is 6.11. The summed E-state index contributed by atoms with van der Waals surface area (Å²) in [7, 11) is 0. The van der Waals surface area contributed by atoms with Gasteiger partial charge in [0.25, 0.3) is 0 Å². The zero-order valence-electron chi connectivity index (χ0n) is 9.88. The third-order valence-electron chi connectivity index (χ3n) is 3.60. The quantitative estimate of drug-likeness (QED) is 0.874. The molecule has 1 saturated carbocycles. The minimum absolute atomic E-state index is 0.0332. The first-order valence-corrected chi connectivity index (χ1v) is 6.90. The van der Waals surface area contributed by atoms with E-state index in [9.17, 15) is 0 Å². The molecule has 0 aliphatic heterocycles. The first-order chi connectivity index (χ1) is 7.57. The van der Waals surface area contributed by atoms with Crippen LogP contribution in [0.25, 0.3) is 0 Å². The van der Waals surface area contributed by atoms with E-state index in [1.807, 2.05) is 0 Å². The fourth-order valence-electron chi connectivity index (χ4n) is 2.87. The van der Waals surface area contributed by atoms with Crippen LogP contribution in [0.5, 0.6) is 0 Å². The van der Waals surface area contributed by atoms with Crippen LogP contribution in [0.3, 0.4) is 0 Å². The highest BCUT2D eigenvalue weighted by Gasteiger charge is 2.30. The summed E-state index contributed by atoms with van der Waals surface area (Å²) < 4.78 is 1.14. The fourth-order valence-corrected chi connectivity index (χ4v) is 3.13. The lowest BCUT2D eigenvalue weighted by atomic mass is 9.74. The van der Waals surface area contributed by atoms with Gasteiger partial charge in [-0.15, -0.1) is 0 Å². The summed E-state index contributed by atoms with van der Waals surface area (Å²) in [6.45, 7) is 2.32. The Labute approximate surface area is 107 Å². The molecule has 1 nitrogen and oxygen atoms in total. The van der Waals surface area contributed by atoms with Crippen LogP contribution in [0, 0.1) is 5.92 Å². The Morgan fingerprint density at radius 1 is 1.38 bits per heavy atom.